The summed E-state index contributed by atoms with van der Waals surface area (Å²) in [5.74, 6) is 0. The maximum Gasteiger partial charge on any atom is 0.184 e. The number of nitrogens with zero attached hydrogens (tertiary/aromatic N) is 3. The molecule has 4 nitrogen and oxygen atoms in total. The molecule has 6 heteroatoms. The van der Waals surface area contributed by atoms with E-state index in [1.165, 1.54) is 0 Å². The van der Waals surface area contributed by atoms with Crippen molar-refractivity contribution >= 4 is 39.3 Å². The second-order valence-electron chi connectivity index (χ2n) is 3.92. The van der Waals surface area contributed by atoms with Crippen LogP contribution in [0.5, 0.6) is 0 Å². The third kappa shape index (κ3) is 1.97. The monoisotopic (exact) mass is 330 g/mol. The maximum absolute atomic E-state index is 9.19. The van der Waals surface area contributed by atoms with Crippen LogP contribution >= 0.6 is 28.1 Å². The Hall–Kier alpha value is -1.97. The molecule has 0 saturated carbocycles. The number of para-hydroxylation sites is 1. The average molecular weight is 331 g/mol. The lowest BCUT2D eigenvalue weighted by Gasteiger charge is -2.05. The molecule has 0 bridgehead atoms. The second kappa shape index (κ2) is 4.61. The fourth-order valence-corrected chi connectivity index (χ4v) is 2.58. The Morgan fingerprint density at radius 2 is 2.16 bits per heavy atom. The molecule has 19 heavy (non-hydrogen) atoms. The van der Waals surface area contributed by atoms with E-state index in [1.807, 2.05) is 24.3 Å². The molecule has 0 aliphatic carbocycles. The van der Waals surface area contributed by atoms with Crippen molar-refractivity contribution < 1.29 is 0 Å². The summed E-state index contributed by atoms with van der Waals surface area (Å²) in [6.07, 6.45) is 1.70. The van der Waals surface area contributed by atoms with Crippen molar-refractivity contribution in [1.29, 1.82) is 5.26 Å². The largest absolute Gasteiger partial charge is 0.329 e. The molecule has 0 amide bonds. The molecule has 0 aliphatic rings. The number of fused-ring (bicyclic) bond motifs is 1. The van der Waals surface area contributed by atoms with Crippen molar-refractivity contribution in [3.63, 3.8) is 0 Å². The van der Waals surface area contributed by atoms with Crippen LogP contribution in [0.3, 0.4) is 0 Å². The first-order chi connectivity index (χ1) is 9.20. The Bertz CT molecular complexity index is 872. The van der Waals surface area contributed by atoms with Crippen molar-refractivity contribution in [3.8, 4) is 11.8 Å². The fourth-order valence-electron chi connectivity index (χ4n) is 1.96. The number of hydrogen-bond donors (Lipinski definition) is 1. The van der Waals surface area contributed by atoms with Crippen LogP contribution in [-0.2, 0) is 0 Å². The second-order valence-corrected chi connectivity index (χ2v) is 5.22. The van der Waals surface area contributed by atoms with Crippen LogP contribution in [0, 0.1) is 16.1 Å². The molecule has 0 fully saturated rings. The van der Waals surface area contributed by atoms with Gasteiger partial charge in [0, 0.05) is 10.7 Å². The highest BCUT2D eigenvalue weighted by atomic mass is 79.9. The summed E-state index contributed by atoms with van der Waals surface area (Å²) >= 11 is 8.70. The normalized spacial score (nSPS) is 10.5. The van der Waals surface area contributed by atoms with Crippen molar-refractivity contribution in [3.05, 3.63) is 51.3 Å². The molecule has 2 aromatic heterocycles. The van der Waals surface area contributed by atoms with E-state index in [0.717, 1.165) is 15.7 Å². The number of rotatable bonds is 1. The lowest BCUT2D eigenvalue weighted by molar-refractivity contribution is 1.04. The Labute approximate surface area is 122 Å². The van der Waals surface area contributed by atoms with Gasteiger partial charge >= 0.3 is 0 Å². The average Bonchev–Trinajstić information content (AvgIpc) is 2.73. The number of benzene rings is 1. The number of halogens is 1. The van der Waals surface area contributed by atoms with Crippen molar-refractivity contribution in [1.82, 2.24) is 14.5 Å². The highest BCUT2D eigenvalue weighted by Gasteiger charge is 2.11. The van der Waals surface area contributed by atoms with Crippen molar-refractivity contribution in [2.45, 2.75) is 0 Å². The summed E-state index contributed by atoms with van der Waals surface area (Å²) in [5, 5.41) is 9.19. The first-order valence-corrected chi connectivity index (χ1v) is 6.66. The van der Waals surface area contributed by atoms with Gasteiger partial charge in [0.1, 0.15) is 6.07 Å². The molecule has 0 atom stereocenters. The third-order valence-electron chi connectivity index (χ3n) is 2.76. The lowest BCUT2D eigenvalue weighted by Crippen LogP contribution is -1.98. The number of nitriles is 1. The van der Waals surface area contributed by atoms with E-state index in [1.54, 1.807) is 16.8 Å². The van der Waals surface area contributed by atoms with E-state index in [0.29, 0.717) is 16.0 Å². The number of imidazole rings is 1. The summed E-state index contributed by atoms with van der Waals surface area (Å²) < 4.78 is 3.16. The third-order valence-corrected chi connectivity index (χ3v) is 3.47. The van der Waals surface area contributed by atoms with Gasteiger partial charge in [0.2, 0.25) is 0 Å². The first kappa shape index (κ1) is 12.1. The lowest BCUT2D eigenvalue weighted by atomic mass is 10.2. The predicted octanol–water partition coefficient (Wildman–Crippen LogP) is 3.72. The molecule has 3 rings (SSSR count). The molecule has 0 unspecified atom stereocenters. The molecule has 2 heterocycles. The van der Waals surface area contributed by atoms with E-state index in [4.69, 9.17) is 12.2 Å². The summed E-state index contributed by atoms with van der Waals surface area (Å²) in [6.45, 7) is 0. The van der Waals surface area contributed by atoms with Crippen LogP contribution < -0.4 is 0 Å². The molecule has 1 N–H and O–H groups in total. The molecule has 92 valence electrons. The van der Waals surface area contributed by atoms with Gasteiger partial charge in [-0.15, -0.1) is 0 Å². The number of H-pyrrole nitrogens is 1. The molecule has 0 spiro atoms. The van der Waals surface area contributed by atoms with Crippen LogP contribution in [0.2, 0.25) is 0 Å². The number of hydrogen-bond acceptors (Lipinski definition) is 3. The number of aromatic nitrogens is 3. The molecule has 0 saturated heterocycles. The van der Waals surface area contributed by atoms with Gasteiger partial charge in [-0.1, -0.05) is 12.1 Å². The van der Waals surface area contributed by atoms with E-state index in [9.17, 15) is 5.26 Å². The highest BCUT2D eigenvalue weighted by molar-refractivity contribution is 9.10. The Morgan fingerprint density at radius 3 is 2.95 bits per heavy atom. The fraction of sp³-hybridized carbons (Fsp3) is 0. The van der Waals surface area contributed by atoms with E-state index >= 15 is 0 Å². The van der Waals surface area contributed by atoms with Gasteiger partial charge in [-0.25, -0.2) is 4.98 Å². The van der Waals surface area contributed by atoms with Crippen molar-refractivity contribution in [2.24, 2.45) is 0 Å². The first-order valence-electron chi connectivity index (χ1n) is 5.46. The SMILES string of the molecule is N#Cc1ccccc1-n1c(=S)[nH]c2cc(Br)cnc21. The minimum atomic E-state index is 0.517. The van der Waals surface area contributed by atoms with Gasteiger partial charge in [-0.05, 0) is 46.3 Å². The number of pyridine rings is 1. The highest BCUT2D eigenvalue weighted by Crippen LogP contribution is 2.22. The molecule has 1 aromatic carbocycles. The van der Waals surface area contributed by atoms with Gasteiger partial charge in [0.25, 0.3) is 0 Å². The predicted molar refractivity (Wildman–Crippen MR) is 78.7 cm³/mol. The standard InChI is InChI=1S/C13H7BrN4S/c14-9-5-10-12(16-7-9)18(13(19)17-10)11-4-2-1-3-8(11)6-15/h1-5,7H,(H,17,19). The van der Waals surface area contributed by atoms with E-state index < -0.39 is 0 Å². The number of aromatic amines is 1. The van der Waals surface area contributed by atoms with Gasteiger partial charge in [-0.2, -0.15) is 5.26 Å². The van der Waals surface area contributed by atoms with Crippen molar-refractivity contribution in [2.75, 3.05) is 0 Å². The quantitative estimate of drug-likeness (QED) is 0.692. The zero-order valence-corrected chi connectivity index (χ0v) is 12.0. The van der Waals surface area contributed by atoms with Gasteiger partial charge in [-0.3, -0.25) is 4.57 Å². The minimum Gasteiger partial charge on any atom is -0.329 e. The molecule has 3 aromatic rings. The smallest absolute Gasteiger partial charge is 0.184 e. The summed E-state index contributed by atoms with van der Waals surface area (Å²) in [6, 6.07) is 11.4. The zero-order chi connectivity index (χ0) is 13.4. The van der Waals surface area contributed by atoms with Crippen LogP contribution in [0.15, 0.2) is 41.0 Å². The van der Waals surface area contributed by atoms with Gasteiger partial charge in [0.15, 0.2) is 10.4 Å². The van der Waals surface area contributed by atoms with Crippen LogP contribution in [0.1, 0.15) is 5.56 Å². The van der Waals surface area contributed by atoms with Crippen LogP contribution in [-0.4, -0.2) is 14.5 Å². The Kier molecular flexibility index (Phi) is 2.93. The summed E-state index contributed by atoms with van der Waals surface area (Å²) in [7, 11) is 0. The Morgan fingerprint density at radius 1 is 1.37 bits per heavy atom. The van der Waals surface area contributed by atoms with E-state index in [2.05, 4.69) is 32.0 Å². The van der Waals surface area contributed by atoms with Crippen LogP contribution in [0.4, 0.5) is 0 Å². The van der Waals surface area contributed by atoms with Gasteiger partial charge < -0.3 is 4.98 Å². The summed E-state index contributed by atoms with van der Waals surface area (Å²) in [5.41, 5.74) is 2.82. The minimum absolute atomic E-state index is 0.517. The number of nitrogens with one attached hydrogen (secondary N) is 1. The molecular formula is C13H7BrN4S. The topological polar surface area (TPSA) is 57.4 Å². The molecule has 0 aliphatic heterocycles. The molecular weight excluding hydrogens is 324 g/mol. The zero-order valence-electron chi connectivity index (χ0n) is 9.59. The van der Waals surface area contributed by atoms with Gasteiger partial charge in [0.05, 0.1) is 16.8 Å². The summed E-state index contributed by atoms with van der Waals surface area (Å²) in [4.78, 5) is 7.46. The maximum atomic E-state index is 9.19. The van der Waals surface area contributed by atoms with E-state index in [-0.39, 0.29) is 0 Å². The van der Waals surface area contributed by atoms with Crippen LogP contribution in [0.25, 0.3) is 16.9 Å². The Balaban J connectivity index is 2.41. The molecule has 0 radical (unpaired) electrons.